The molecule has 0 saturated heterocycles. The second-order valence-electron chi connectivity index (χ2n) is 7.65. The van der Waals surface area contributed by atoms with Crippen LogP contribution in [0.4, 0.5) is 5.13 Å². The molecule has 0 atom stereocenters. The maximum atomic E-state index is 12.3. The van der Waals surface area contributed by atoms with Crippen molar-refractivity contribution in [2.75, 3.05) is 11.9 Å². The van der Waals surface area contributed by atoms with Crippen molar-refractivity contribution >= 4 is 32.6 Å². The van der Waals surface area contributed by atoms with Crippen LogP contribution in [0.25, 0.3) is 21.3 Å². The standard InChI is InChI=1S/C26H26N2O2S/c1-3-4-5-19-8-15-23-24(16-19)31-26(27-23)28-25(29)17-30-22-13-11-21(12-14-22)20-9-6-18(2)7-10-20/h6-16H,3-5,17H2,1-2H3,(H,27,28,29). The zero-order valence-electron chi connectivity index (χ0n) is 17.9. The zero-order chi connectivity index (χ0) is 21.6. The molecule has 31 heavy (non-hydrogen) atoms. The minimum absolute atomic E-state index is 0.0540. The summed E-state index contributed by atoms with van der Waals surface area (Å²) in [6.45, 7) is 4.21. The molecular weight excluding hydrogens is 404 g/mol. The number of carbonyl (C=O) groups is 1. The van der Waals surface area contributed by atoms with Gasteiger partial charge in [0.15, 0.2) is 11.7 Å². The Morgan fingerprint density at radius 2 is 1.71 bits per heavy atom. The third kappa shape index (κ3) is 5.50. The Balaban J connectivity index is 1.33. The number of thiazole rings is 1. The molecule has 1 amide bonds. The minimum atomic E-state index is -0.215. The number of hydrogen-bond acceptors (Lipinski definition) is 4. The predicted molar refractivity (Wildman–Crippen MR) is 129 cm³/mol. The summed E-state index contributed by atoms with van der Waals surface area (Å²) in [5, 5.41) is 3.45. The van der Waals surface area contributed by atoms with E-state index in [0.717, 1.165) is 27.8 Å². The van der Waals surface area contributed by atoms with Crippen molar-refractivity contribution in [3.8, 4) is 16.9 Å². The molecule has 1 aromatic heterocycles. The molecule has 4 rings (SSSR count). The number of amides is 1. The third-order valence-corrected chi connectivity index (χ3v) is 6.06. The zero-order valence-corrected chi connectivity index (χ0v) is 18.7. The Morgan fingerprint density at radius 1 is 1.00 bits per heavy atom. The minimum Gasteiger partial charge on any atom is -0.484 e. The number of anilines is 1. The molecule has 0 spiro atoms. The molecule has 3 aromatic carbocycles. The molecule has 0 fully saturated rings. The molecule has 4 nitrogen and oxygen atoms in total. The monoisotopic (exact) mass is 430 g/mol. The van der Waals surface area contributed by atoms with E-state index in [-0.39, 0.29) is 12.5 Å². The van der Waals surface area contributed by atoms with Gasteiger partial charge in [0.25, 0.3) is 5.91 Å². The number of fused-ring (bicyclic) bond motifs is 1. The number of benzene rings is 3. The van der Waals surface area contributed by atoms with E-state index in [4.69, 9.17) is 4.74 Å². The van der Waals surface area contributed by atoms with Crippen LogP contribution < -0.4 is 10.1 Å². The first-order valence-corrected chi connectivity index (χ1v) is 11.4. The highest BCUT2D eigenvalue weighted by Gasteiger charge is 2.09. The van der Waals surface area contributed by atoms with Crippen molar-refractivity contribution in [3.63, 3.8) is 0 Å². The molecule has 1 heterocycles. The van der Waals surface area contributed by atoms with Gasteiger partial charge in [0, 0.05) is 0 Å². The summed E-state index contributed by atoms with van der Waals surface area (Å²) in [5.74, 6) is 0.448. The van der Waals surface area contributed by atoms with E-state index >= 15 is 0 Å². The van der Waals surface area contributed by atoms with Crippen molar-refractivity contribution < 1.29 is 9.53 Å². The maximum absolute atomic E-state index is 12.3. The lowest BCUT2D eigenvalue weighted by Crippen LogP contribution is -2.19. The maximum Gasteiger partial charge on any atom is 0.264 e. The molecule has 0 aliphatic rings. The van der Waals surface area contributed by atoms with Gasteiger partial charge in [0.05, 0.1) is 10.2 Å². The number of unbranched alkanes of at least 4 members (excludes halogenated alkanes) is 1. The first-order chi connectivity index (χ1) is 15.1. The van der Waals surface area contributed by atoms with Crippen LogP contribution >= 0.6 is 11.3 Å². The van der Waals surface area contributed by atoms with E-state index < -0.39 is 0 Å². The van der Waals surface area contributed by atoms with Gasteiger partial charge in [-0.2, -0.15) is 0 Å². The fourth-order valence-electron chi connectivity index (χ4n) is 3.35. The number of carbonyl (C=O) groups excluding carboxylic acids is 1. The van der Waals surface area contributed by atoms with E-state index in [9.17, 15) is 4.79 Å². The fourth-order valence-corrected chi connectivity index (χ4v) is 4.30. The Bertz CT molecular complexity index is 1160. The van der Waals surface area contributed by atoms with Crippen LogP contribution in [0.1, 0.15) is 30.9 Å². The highest BCUT2D eigenvalue weighted by Crippen LogP contribution is 2.27. The quantitative estimate of drug-likeness (QED) is 0.341. The number of hydrogen-bond donors (Lipinski definition) is 1. The summed E-state index contributed by atoms with van der Waals surface area (Å²) in [6, 6.07) is 22.5. The topological polar surface area (TPSA) is 51.2 Å². The largest absolute Gasteiger partial charge is 0.484 e. The van der Waals surface area contributed by atoms with E-state index in [0.29, 0.717) is 10.9 Å². The lowest BCUT2D eigenvalue weighted by atomic mass is 10.0. The van der Waals surface area contributed by atoms with Gasteiger partial charge in [-0.3, -0.25) is 10.1 Å². The third-order valence-electron chi connectivity index (χ3n) is 5.13. The van der Waals surface area contributed by atoms with Crippen LogP contribution in [0.2, 0.25) is 0 Å². The molecule has 4 aromatic rings. The van der Waals surface area contributed by atoms with Gasteiger partial charge in [0.2, 0.25) is 0 Å². The van der Waals surface area contributed by atoms with Crippen LogP contribution in [0.5, 0.6) is 5.75 Å². The molecule has 0 radical (unpaired) electrons. The summed E-state index contributed by atoms with van der Waals surface area (Å²) in [4.78, 5) is 16.8. The molecule has 0 aliphatic heterocycles. The van der Waals surface area contributed by atoms with Gasteiger partial charge in [-0.05, 0) is 60.7 Å². The van der Waals surface area contributed by atoms with E-state index in [2.05, 4.69) is 60.5 Å². The number of nitrogens with one attached hydrogen (secondary N) is 1. The van der Waals surface area contributed by atoms with E-state index in [1.54, 1.807) is 0 Å². The first kappa shape index (κ1) is 21.1. The van der Waals surface area contributed by atoms with E-state index in [1.165, 1.54) is 35.3 Å². The number of aromatic nitrogens is 1. The van der Waals surface area contributed by atoms with Gasteiger partial charge in [-0.1, -0.05) is 72.7 Å². The van der Waals surface area contributed by atoms with Gasteiger partial charge in [0.1, 0.15) is 5.75 Å². The average molecular weight is 431 g/mol. The molecular formula is C26H26N2O2S. The predicted octanol–water partition coefficient (Wildman–Crippen LogP) is 6.63. The first-order valence-electron chi connectivity index (χ1n) is 10.6. The summed E-state index contributed by atoms with van der Waals surface area (Å²) in [7, 11) is 0. The number of ether oxygens (including phenoxy) is 1. The summed E-state index contributed by atoms with van der Waals surface area (Å²) in [5.41, 5.74) is 5.73. The Hall–Kier alpha value is -3.18. The second-order valence-corrected chi connectivity index (χ2v) is 8.68. The van der Waals surface area contributed by atoms with Gasteiger partial charge in [-0.15, -0.1) is 0 Å². The molecule has 1 N–H and O–H groups in total. The van der Waals surface area contributed by atoms with Crippen molar-refractivity contribution in [1.29, 1.82) is 0 Å². The summed E-state index contributed by atoms with van der Waals surface area (Å²) < 4.78 is 6.75. The normalized spacial score (nSPS) is 10.9. The lowest BCUT2D eigenvalue weighted by molar-refractivity contribution is -0.118. The van der Waals surface area contributed by atoms with Crippen LogP contribution in [0.15, 0.2) is 66.7 Å². The van der Waals surface area contributed by atoms with Crippen molar-refractivity contribution in [3.05, 3.63) is 77.9 Å². The average Bonchev–Trinajstić information content (AvgIpc) is 3.18. The van der Waals surface area contributed by atoms with Gasteiger partial charge >= 0.3 is 0 Å². The lowest BCUT2D eigenvalue weighted by Gasteiger charge is -2.07. The highest BCUT2D eigenvalue weighted by atomic mass is 32.1. The Labute approximate surface area is 186 Å². The number of nitrogens with zero attached hydrogens (tertiary/aromatic N) is 1. The molecule has 0 saturated carbocycles. The number of rotatable bonds is 8. The molecule has 0 unspecified atom stereocenters. The van der Waals surface area contributed by atoms with Crippen LogP contribution in [0.3, 0.4) is 0 Å². The molecule has 5 heteroatoms. The second kappa shape index (κ2) is 9.75. The van der Waals surface area contributed by atoms with Crippen molar-refractivity contribution in [2.24, 2.45) is 0 Å². The smallest absolute Gasteiger partial charge is 0.264 e. The van der Waals surface area contributed by atoms with Crippen molar-refractivity contribution in [2.45, 2.75) is 33.1 Å². The van der Waals surface area contributed by atoms with Crippen LogP contribution in [-0.2, 0) is 11.2 Å². The highest BCUT2D eigenvalue weighted by molar-refractivity contribution is 7.22. The van der Waals surface area contributed by atoms with Crippen LogP contribution in [0, 0.1) is 6.92 Å². The van der Waals surface area contributed by atoms with Gasteiger partial charge < -0.3 is 4.74 Å². The van der Waals surface area contributed by atoms with Crippen LogP contribution in [-0.4, -0.2) is 17.5 Å². The Morgan fingerprint density at radius 3 is 2.42 bits per heavy atom. The van der Waals surface area contributed by atoms with Gasteiger partial charge in [-0.25, -0.2) is 4.98 Å². The van der Waals surface area contributed by atoms with Crippen molar-refractivity contribution in [1.82, 2.24) is 4.98 Å². The summed E-state index contributed by atoms with van der Waals surface area (Å²) >= 11 is 1.50. The summed E-state index contributed by atoms with van der Waals surface area (Å²) in [6.07, 6.45) is 3.43. The number of aryl methyl sites for hydroxylation is 2. The Kier molecular flexibility index (Phi) is 6.63. The molecule has 0 bridgehead atoms. The SMILES string of the molecule is CCCCc1ccc2nc(NC(=O)COc3ccc(-c4ccc(C)cc4)cc3)sc2c1. The fraction of sp³-hybridized carbons (Fsp3) is 0.231. The molecule has 158 valence electrons. The molecule has 0 aliphatic carbocycles. The van der Waals surface area contributed by atoms with E-state index in [1.807, 2.05) is 30.3 Å².